The number of aromatic nitrogens is 6. The summed E-state index contributed by atoms with van der Waals surface area (Å²) in [5.41, 5.74) is 1.38. The second kappa shape index (κ2) is 8.57. The summed E-state index contributed by atoms with van der Waals surface area (Å²) in [7, 11) is 0. The molecule has 0 unspecified atom stereocenters. The molecule has 36 heavy (non-hydrogen) atoms. The molecule has 1 aliphatic carbocycles. The first-order valence-corrected chi connectivity index (χ1v) is 11.6. The predicted molar refractivity (Wildman–Crippen MR) is 121 cm³/mol. The van der Waals surface area contributed by atoms with Crippen LogP contribution in [0.2, 0.25) is 0 Å². The number of alkyl halides is 3. The van der Waals surface area contributed by atoms with Crippen molar-refractivity contribution in [2.75, 3.05) is 23.3 Å². The summed E-state index contributed by atoms with van der Waals surface area (Å²) in [5, 5.41) is 17.8. The van der Waals surface area contributed by atoms with Gasteiger partial charge in [0.2, 0.25) is 5.91 Å². The molecule has 6 rings (SSSR count). The van der Waals surface area contributed by atoms with Crippen molar-refractivity contribution in [2.24, 2.45) is 5.92 Å². The number of rotatable bonds is 5. The topological polar surface area (TPSA) is 114 Å². The van der Waals surface area contributed by atoms with Crippen LogP contribution in [0.1, 0.15) is 43.3 Å². The molecule has 4 heterocycles. The Labute approximate surface area is 202 Å². The van der Waals surface area contributed by atoms with Crippen LogP contribution in [0.15, 0.2) is 40.9 Å². The van der Waals surface area contributed by atoms with E-state index in [2.05, 4.69) is 30.8 Å². The molecule has 1 saturated heterocycles. The summed E-state index contributed by atoms with van der Waals surface area (Å²) in [6.45, 7) is 0.956. The standard InChI is InChI=1S/C23H21F3N8O2/c24-23(25,26)22-30-29-17-6-7-18(31-34(17)22)33-10-8-14(9-11-33)20(35)27-16-3-1-2-15(12-16)21-28-19(32-36-21)13-4-5-13/h1-3,6-7,12-14H,4-5,8-11H2,(H,27,35). The van der Waals surface area contributed by atoms with Crippen molar-refractivity contribution >= 4 is 23.1 Å². The Morgan fingerprint density at radius 1 is 1.06 bits per heavy atom. The first-order chi connectivity index (χ1) is 17.3. The van der Waals surface area contributed by atoms with Crippen molar-refractivity contribution < 1.29 is 22.5 Å². The van der Waals surface area contributed by atoms with Gasteiger partial charge in [0.1, 0.15) is 5.82 Å². The maximum absolute atomic E-state index is 13.2. The van der Waals surface area contributed by atoms with E-state index in [1.807, 2.05) is 17.0 Å². The van der Waals surface area contributed by atoms with Crippen LogP contribution < -0.4 is 10.2 Å². The van der Waals surface area contributed by atoms with Crippen LogP contribution in [0, 0.1) is 5.92 Å². The lowest BCUT2D eigenvalue weighted by Gasteiger charge is -2.32. The smallest absolute Gasteiger partial charge is 0.355 e. The molecule has 186 valence electrons. The zero-order valence-corrected chi connectivity index (χ0v) is 18.9. The number of benzene rings is 1. The van der Waals surface area contributed by atoms with Gasteiger partial charge in [0.05, 0.1) is 0 Å². The van der Waals surface area contributed by atoms with Gasteiger partial charge in [-0.15, -0.1) is 15.3 Å². The molecule has 0 spiro atoms. The molecule has 13 heteroatoms. The van der Waals surface area contributed by atoms with Crippen molar-refractivity contribution in [3.63, 3.8) is 0 Å². The summed E-state index contributed by atoms with van der Waals surface area (Å²) in [6.07, 6.45) is -1.43. The Bertz CT molecular complexity index is 1420. The van der Waals surface area contributed by atoms with Crippen molar-refractivity contribution in [3.05, 3.63) is 48.0 Å². The first-order valence-electron chi connectivity index (χ1n) is 11.6. The number of piperidine rings is 1. The van der Waals surface area contributed by atoms with Gasteiger partial charge in [-0.05, 0) is 56.0 Å². The van der Waals surface area contributed by atoms with Gasteiger partial charge in [0.25, 0.3) is 11.7 Å². The number of halogens is 3. The average Bonchev–Trinajstić information content (AvgIpc) is 3.43. The number of hydrogen-bond acceptors (Lipinski definition) is 8. The van der Waals surface area contributed by atoms with E-state index in [-0.39, 0.29) is 17.5 Å². The molecule has 0 bridgehead atoms. The number of nitrogens with zero attached hydrogens (tertiary/aromatic N) is 7. The molecule has 3 aromatic heterocycles. The highest BCUT2D eigenvalue weighted by Crippen LogP contribution is 2.39. The molecule has 1 aliphatic heterocycles. The third kappa shape index (κ3) is 4.36. The number of fused-ring (bicyclic) bond motifs is 1. The minimum absolute atomic E-state index is 0.0202. The zero-order chi connectivity index (χ0) is 24.9. The lowest BCUT2D eigenvalue weighted by Crippen LogP contribution is -2.38. The molecule has 0 atom stereocenters. The predicted octanol–water partition coefficient (Wildman–Crippen LogP) is 3.93. The van der Waals surface area contributed by atoms with Gasteiger partial charge < -0.3 is 14.7 Å². The third-order valence-corrected chi connectivity index (χ3v) is 6.45. The molecule has 0 radical (unpaired) electrons. The van der Waals surface area contributed by atoms with Crippen LogP contribution in [0.25, 0.3) is 17.1 Å². The third-order valence-electron chi connectivity index (χ3n) is 6.45. The van der Waals surface area contributed by atoms with Gasteiger partial charge in [0.15, 0.2) is 11.5 Å². The second-order valence-electron chi connectivity index (χ2n) is 9.05. The van der Waals surface area contributed by atoms with Crippen molar-refractivity contribution in [2.45, 2.75) is 37.8 Å². The molecule has 1 saturated carbocycles. The number of hydrogen-bond donors (Lipinski definition) is 1. The van der Waals surface area contributed by atoms with Gasteiger partial charge in [-0.2, -0.15) is 22.7 Å². The molecule has 1 N–H and O–H groups in total. The van der Waals surface area contributed by atoms with Crippen LogP contribution in [0.4, 0.5) is 24.7 Å². The van der Waals surface area contributed by atoms with Crippen LogP contribution in [-0.4, -0.2) is 48.9 Å². The summed E-state index contributed by atoms with van der Waals surface area (Å²) in [4.78, 5) is 19.2. The Balaban J connectivity index is 1.10. The fourth-order valence-corrected chi connectivity index (χ4v) is 4.33. The van der Waals surface area contributed by atoms with E-state index in [0.29, 0.717) is 53.8 Å². The van der Waals surface area contributed by atoms with Gasteiger partial charge in [-0.3, -0.25) is 4.79 Å². The summed E-state index contributed by atoms with van der Waals surface area (Å²) in [5.74, 6) is 0.393. The van der Waals surface area contributed by atoms with Gasteiger partial charge in [-0.25, -0.2) is 0 Å². The minimum Gasteiger partial charge on any atom is -0.355 e. The molecule has 2 aliphatic rings. The SMILES string of the molecule is O=C(Nc1cccc(-c2nc(C3CC3)no2)c1)C1CCN(c2ccc3nnc(C(F)(F)F)n3n2)CC1. The second-order valence-corrected chi connectivity index (χ2v) is 9.05. The van der Waals surface area contributed by atoms with Crippen LogP contribution in [0.3, 0.4) is 0 Å². The molecule has 10 nitrogen and oxygen atoms in total. The highest BCUT2D eigenvalue weighted by Gasteiger charge is 2.38. The first kappa shape index (κ1) is 22.4. The lowest BCUT2D eigenvalue weighted by molar-refractivity contribution is -0.146. The Morgan fingerprint density at radius 3 is 2.61 bits per heavy atom. The van der Waals surface area contributed by atoms with Crippen molar-refractivity contribution in [3.8, 4) is 11.5 Å². The molecule has 1 aromatic carbocycles. The average molecular weight is 498 g/mol. The van der Waals surface area contributed by atoms with Gasteiger partial charge in [0, 0.05) is 36.2 Å². The summed E-state index contributed by atoms with van der Waals surface area (Å²) >= 11 is 0. The molecular formula is C23H21F3N8O2. The van der Waals surface area contributed by atoms with E-state index in [1.54, 1.807) is 18.2 Å². The Hall–Kier alpha value is -4.03. The van der Waals surface area contributed by atoms with Gasteiger partial charge >= 0.3 is 6.18 Å². The lowest BCUT2D eigenvalue weighted by atomic mass is 9.95. The monoisotopic (exact) mass is 498 g/mol. The number of carbonyl (C=O) groups is 1. The number of amides is 1. The fraction of sp³-hybridized carbons (Fsp3) is 0.391. The van der Waals surface area contributed by atoms with E-state index in [1.165, 1.54) is 6.07 Å². The van der Waals surface area contributed by atoms with Crippen molar-refractivity contribution in [1.29, 1.82) is 0 Å². The van der Waals surface area contributed by atoms with E-state index in [9.17, 15) is 18.0 Å². The van der Waals surface area contributed by atoms with Gasteiger partial charge in [-0.1, -0.05) is 11.2 Å². The highest BCUT2D eigenvalue weighted by atomic mass is 19.4. The van der Waals surface area contributed by atoms with Crippen LogP contribution >= 0.6 is 0 Å². The summed E-state index contributed by atoms with van der Waals surface area (Å²) in [6, 6.07) is 10.3. The van der Waals surface area contributed by atoms with E-state index in [4.69, 9.17) is 4.52 Å². The van der Waals surface area contributed by atoms with Crippen molar-refractivity contribution in [1.82, 2.24) is 30.0 Å². The number of nitrogens with one attached hydrogen (secondary N) is 1. The Kier molecular flexibility index (Phi) is 5.34. The zero-order valence-electron chi connectivity index (χ0n) is 18.9. The largest absolute Gasteiger partial charge is 0.453 e. The van der Waals surface area contributed by atoms with E-state index in [0.717, 1.165) is 24.2 Å². The molecule has 2 fully saturated rings. The summed E-state index contributed by atoms with van der Waals surface area (Å²) < 4.78 is 45.6. The van der Waals surface area contributed by atoms with Crippen LogP contribution in [0.5, 0.6) is 0 Å². The number of anilines is 2. The van der Waals surface area contributed by atoms with Crippen LogP contribution in [-0.2, 0) is 11.0 Å². The molecule has 4 aromatic rings. The minimum atomic E-state index is -4.66. The van der Waals surface area contributed by atoms with E-state index < -0.39 is 12.0 Å². The molecular weight excluding hydrogens is 477 g/mol. The fourth-order valence-electron chi connectivity index (χ4n) is 4.33. The van der Waals surface area contributed by atoms with E-state index >= 15 is 0 Å². The maximum Gasteiger partial charge on any atom is 0.453 e. The molecule has 1 amide bonds. The maximum atomic E-state index is 13.2. The normalized spacial score (nSPS) is 17.0. The number of carbonyl (C=O) groups excluding carboxylic acids is 1. The quantitative estimate of drug-likeness (QED) is 0.440. The highest BCUT2D eigenvalue weighted by molar-refractivity contribution is 5.93. The Morgan fingerprint density at radius 2 is 1.86 bits per heavy atom.